The van der Waals surface area contributed by atoms with Crippen LogP contribution in [0.3, 0.4) is 0 Å². The lowest BCUT2D eigenvalue weighted by molar-refractivity contribution is -0.129. The highest BCUT2D eigenvalue weighted by molar-refractivity contribution is 5.99. The summed E-state index contributed by atoms with van der Waals surface area (Å²) in [6, 6.07) is 6.20. The van der Waals surface area contributed by atoms with E-state index in [2.05, 4.69) is 6.07 Å². The van der Waals surface area contributed by atoms with Gasteiger partial charge in [-0.2, -0.15) is 0 Å². The summed E-state index contributed by atoms with van der Waals surface area (Å²) in [6.45, 7) is 8.54. The Morgan fingerprint density at radius 1 is 1.33 bits per heavy atom. The Bertz CT molecular complexity index is 566. The molecule has 4 heteroatoms. The van der Waals surface area contributed by atoms with E-state index in [1.54, 1.807) is 16.8 Å². The smallest absolute Gasteiger partial charge is 0.232 e. The molecular formula is C17H24N2O2. The molecule has 1 aromatic carbocycles. The highest BCUT2D eigenvalue weighted by atomic mass is 16.2. The molecule has 0 spiro atoms. The van der Waals surface area contributed by atoms with Gasteiger partial charge in [-0.15, -0.1) is 0 Å². The van der Waals surface area contributed by atoms with E-state index in [-0.39, 0.29) is 23.8 Å². The number of likely N-dealkylation sites (tertiary alicyclic amines) is 1. The molecule has 0 saturated carbocycles. The Labute approximate surface area is 126 Å². The minimum Gasteiger partial charge on any atom is -0.339 e. The van der Waals surface area contributed by atoms with Crippen molar-refractivity contribution < 1.29 is 9.59 Å². The van der Waals surface area contributed by atoms with Gasteiger partial charge in [0.1, 0.15) is 0 Å². The van der Waals surface area contributed by atoms with Crippen molar-refractivity contribution in [1.82, 2.24) is 4.90 Å². The zero-order valence-corrected chi connectivity index (χ0v) is 13.5. The topological polar surface area (TPSA) is 40.6 Å². The van der Waals surface area contributed by atoms with Crippen molar-refractivity contribution in [3.8, 4) is 0 Å². The van der Waals surface area contributed by atoms with Gasteiger partial charge in [-0.25, -0.2) is 0 Å². The maximum atomic E-state index is 12.6. The molecule has 0 aromatic heterocycles. The van der Waals surface area contributed by atoms with E-state index < -0.39 is 0 Å². The standard InChI is InChI=1S/C17H24N2O2/c1-11(2)19-10-14(9-16(19)20)17(21)18(5)15-7-6-12(3)8-13(15)4/h6-8,11,14H,9-10H2,1-5H3. The molecule has 1 saturated heterocycles. The van der Waals surface area contributed by atoms with E-state index in [1.165, 1.54) is 5.56 Å². The quantitative estimate of drug-likeness (QED) is 0.857. The summed E-state index contributed by atoms with van der Waals surface area (Å²) < 4.78 is 0. The average Bonchev–Trinajstić information content (AvgIpc) is 2.79. The zero-order valence-electron chi connectivity index (χ0n) is 13.5. The predicted molar refractivity (Wildman–Crippen MR) is 84.3 cm³/mol. The SMILES string of the molecule is Cc1ccc(N(C)C(=O)C2CC(=O)N(C(C)C)C2)c(C)c1. The van der Waals surface area contributed by atoms with Gasteiger partial charge in [-0.1, -0.05) is 17.7 Å². The highest BCUT2D eigenvalue weighted by Gasteiger charge is 2.37. The number of hydrogen-bond acceptors (Lipinski definition) is 2. The van der Waals surface area contributed by atoms with Crippen LogP contribution in [0.5, 0.6) is 0 Å². The maximum absolute atomic E-state index is 12.6. The third kappa shape index (κ3) is 3.09. The van der Waals surface area contributed by atoms with E-state index in [4.69, 9.17) is 0 Å². The largest absolute Gasteiger partial charge is 0.339 e. The summed E-state index contributed by atoms with van der Waals surface area (Å²) in [7, 11) is 1.79. The van der Waals surface area contributed by atoms with Crippen LogP contribution in [0.1, 0.15) is 31.4 Å². The first-order valence-corrected chi connectivity index (χ1v) is 7.45. The molecule has 1 heterocycles. The first-order valence-electron chi connectivity index (χ1n) is 7.45. The molecule has 0 N–H and O–H groups in total. The van der Waals surface area contributed by atoms with E-state index >= 15 is 0 Å². The molecule has 1 atom stereocenters. The number of carbonyl (C=O) groups is 2. The van der Waals surface area contributed by atoms with Gasteiger partial charge in [0.15, 0.2) is 0 Å². The summed E-state index contributed by atoms with van der Waals surface area (Å²) >= 11 is 0. The number of rotatable bonds is 3. The molecular weight excluding hydrogens is 264 g/mol. The minimum absolute atomic E-state index is 0.0263. The summed E-state index contributed by atoms with van der Waals surface area (Å²) in [5, 5.41) is 0. The molecule has 1 aromatic rings. The molecule has 4 nitrogen and oxygen atoms in total. The number of anilines is 1. The number of aryl methyl sites for hydroxylation is 2. The normalized spacial score (nSPS) is 18.5. The van der Waals surface area contributed by atoms with E-state index in [9.17, 15) is 9.59 Å². The van der Waals surface area contributed by atoms with Crippen molar-refractivity contribution in [3.05, 3.63) is 29.3 Å². The molecule has 1 fully saturated rings. The number of hydrogen-bond donors (Lipinski definition) is 0. The molecule has 21 heavy (non-hydrogen) atoms. The second kappa shape index (κ2) is 5.88. The molecule has 0 radical (unpaired) electrons. The van der Waals surface area contributed by atoms with Crippen molar-refractivity contribution in [1.29, 1.82) is 0 Å². The first-order chi connectivity index (χ1) is 9.81. The number of carbonyl (C=O) groups excluding carboxylic acids is 2. The highest BCUT2D eigenvalue weighted by Crippen LogP contribution is 2.26. The predicted octanol–water partition coefficient (Wildman–Crippen LogP) is 2.52. The molecule has 2 rings (SSSR count). The number of amides is 2. The van der Waals surface area contributed by atoms with Crippen molar-refractivity contribution in [2.24, 2.45) is 5.92 Å². The van der Waals surface area contributed by atoms with Crippen LogP contribution < -0.4 is 4.90 Å². The van der Waals surface area contributed by atoms with Crippen LogP contribution in [0, 0.1) is 19.8 Å². The fourth-order valence-electron chi connectivity index (χ4n) is 2.97. The second-order valence-corrected chi connectivity index (χ2v) is 6.23. The third-order valence-corrected chi connectivity index (χ3v) is 4.18. The lowest BCUT2D eigenvalue weighted by Gasteiger charge is -2.24. The van der Waals surface area contributed by atoms with Crippen LogP contribution in [0.15, 0.2) is 18.2 Å². The molecule has 1 unspecified atom stereocenters. The molecule has 1 aliphatic rings. The zero-order chi connectivity index (χ0) is 15.7. The maximum Gasteiger partial charge on any atom is 0.232 e. The fourth-order valence-corrected chi connectivity index (χ4v) is 2.97. The van der Waals surface area contributed by atoms with Gasteiger partial charge < -0.3 is 9.80 Å². The van der Waals surface area contributed by atoms with Crippen LogP contribution in [-0.4, -0.2) is 36.3 Å². The van der Waals surface area contributed by atoms with Crippen molar-refractivity contribution in [2.75, 3.05) is 18.5 Å². The van der Waals surface area contributed by atoms with Crippen LogP contribution >= 0.6 is 0 Å². The van der Waals surface area contributed by atoms with Gasteiger partial charge in [0, 0.05) is 31.7 Å². The van der Waals surface area contributed by atoms with Gasteiger partial charge >= 0.3 is 0 Å². The fraction of sp³-hybridized carbons (Fsp3) is 0.529. The summed E-state index contributed by atoms with van der Waals surface area (Å²) in [6.07, 6.45) is 0.326. The van der Waals surface area contributed by atoms with Gasteiger partial charge in [-0.3, -0.25) is 9.59 Å². The molecule has 0 bridgehead atoms. The van der Waals surface area contributed by atoms with Crippen molar-refractivity contribution in [3.63, 3.8) is 0 Å². The lowest BCUT2D eigenvalue weighted by Crippen LogP contribution is -2.36. The Morgan fingerprint density at radius 2 is 2.00 bits per heavy atom. The van der Waals surface area contributed by atoms with Gasteiger partial charge in [0.25, 0.3) is 0 Å². The van der Waals surface area contributed by atoms with Gasteiger partial charge in [-0.05, 0) is 39.3 Å². The van der Waals surface area contributed by atoms with Crippen LogP contribution in [-0.2, 0) is 9.59 Å². The molecule has 0 aliphatic carbocycles. The minimum atomic E-state index is -0.231. The van der Waals surface area contributed by atoms with Gasteiger partial charge in [0.05, 0.1) is 5.92 Å². The van der Waals surface area contributed by atoms with Crippen LogP contribution in [0.4, 0.5) is 5.69 Å². The molecule has 1 aliphatic heterocycles. The summed E-state index contributed by atoms with van der Waals surface area (Å²) in [4.78, 5) is 28.1. The Kier molecular flexibility index (Phi) is 4.35. The molecule has 2 amide bonds. The third-order valence-electron chi connectivity index (χ3n) is 4.18. The van der Waals surface area contributed by atoms with E-state index in [0.717, 1.165) is 11.3 Å². The monoisotopic (exact) mass is 288 g/mol. The van der Waals surface area contributed by atoms with Gasteiger partial charge in [0.2, 0.25) is 11.8 Å². The lowest BCUT2D eigenvalue weighted by atomic mass is 10.1. The average molecular weight is 288 g/mol. The second-order valence-electron chi connectivity index (χ2n) is 6.23. The number of nitrogens with zero attached hydrogens (tertiary/aromatic N) is 2. The Balaban J connectivity index is 2.15. The Morgan fingerprint density at radius 3 is 2.52 bits per heavy atom. The van der Waals surface area contributed by atoms with E-state index in [0.29, 0.717) is 13.0 Å². The van der Waals surface area contributed by atoms with Crippen LogP contribution in [0.2, 0.25) is 0 Å². The summed E-state index contributed by atoms with van der Waals surface area (Å²) in [5.41, 5.74) is 3.18. The van der Waals surface area contributed by atoms with Crippen molar-refractivity contribution in [2.45, 2.75) is 40.2 Å². The van der Waals surface area contributed by atoms with Crippen LogP contribution in [0.25, 0.3) is 0 Å². The number of benzene rings is 1. The molecule has 114 valence electrons. The summed E-state index contributed by atoms with van der Waals surface area (Å²) in [5.74, 6) is -0.124. The Hall–Kier alpha value is -1.84. The van der Waals surface area contributed by atoms with E-state index in [1.807, 2.05) is 39.8 Å². The first kappa shape index (κ1) is 15.5. The van der Waals surface area contributed by atoms with Crippen molar-refractivity contribution >= 4 is 17.5 Å².